The first-order valence-electron chi connectivity index (χ1n) is 12.1. The van der Waals surface area contributed by atoms with Crippen LogP contribution in [0.25, 0.3) is 22.3 Å². The van der Waals surface area contributed by atoms with Gasteiger partial charge in [-0.3, -0.25) is 19.6 Å². The highest BCUT2D eigenvalue weighted by molar-refractivity contribution is 7.92. The number of rotatable bonds is 8. The molecule has 0 unspecified atom stereocenters. The summed E-state index contributed by atoms with van der Waals surface area (Å²) in [5.74, 6) is -0.497. The number of sulfonamides is 1. The Kier molecular flexibility index (Phi) is 7.70. The quantitative estimate of drug-likeness (QED) is 0.333. The van der Waals surface area contributed by atoms with Gasteiger partial charge < -0.3 is 10.2 Å². The maximum Gasteiger partial charge on any atom is 0.234 e. The lowest BCUT2D eigenvalue weighted by molar-refractivity contribution is 0.161. The van der Waals surface area contributed by atoms with Crippen molar-refractivity contribution in [3.63, 3.8) is 0 Å². The predicted octanol–water partition coefficient (Wildman–Crippen LogP) is 4.22. The van der Waals surface area contributed by atoms with Gasteiger partial charge in [-0.1, -0.05) is 11.6 Å². The smallest absolute Gasteiger partial charge is 0.234 e. The molecule has 0 radical (unpaired) electrons. The second kappa shape index (κ2) is 11.2. The van der Waals surface area contributed by atoms with Gasteiger partial charge in [0.2, 0.25) is 10.0 Å². The molecule has 0 bridgehead atoms. The van der Waals surface area contributed by atoms with Crippen molar-refractivity contribution < 1.29 is 12.8 Å². The van der Waals surface area contributed by atoms with Gasteiger partial charge in [-0.25, -0.2) is 17.8 Å². The number of nitrogens with zero attached hydrogens (tertiary/aromatic N) is 5. The summed E-state index contributed by atoms with van der Waals surface area (Å²) in [7, 11) is -1.49. The molecule has 0 spiro atoms. The van der Waals surface area contributed by atoms with E-state index in [1.54, 1.807) is 36.7 Å². The zero-order chi connectivity index (χ0) is 26.7. The van der Waals surface area contributed by atoms with Crippen molar-refractivity contribution in [3.05, 3.63) is 71.9 Å². The number of hydrogen-bond acceptors (Lipinski definition) is 8. The standard InChI is InChI=1S/C26H27ClFN7O2S/c1-34-8-10-35(11-9-34)12-13-38(36,37)33-20-14-18(16-29-17-20)23-4-5-24-26(32-23)25(6-7-30-24)31-19-2-3-22(28)21(27)15-19/h2-7,14-17,33H,8-13H2,1H3,(H,30,31). The van der Waals surface area contributed by atoms with Crippen molar-refractivity contribution >= 4 is 49.7 Å². The van der Waals surface area contributed by atoms with Crippen LogP contribution in [-0.2, 0) is 10.0 Å². The summed E-state index contributed by atoms with van der Waals surface area (Å²) >= 11 is 5.93. The molecule has 4 heterocycles. The summed E-state index contributed by atoms with van der Waals surface area (Å²) in [6.45, 7) is 4.06. The molecule has 12 heteroatoms. The topological polar surface area (TPSA) is 103 Å². The highest BCUT2D eigenvalue weighted by Gasteiger charge is 2.18. The van der Waals surface area contributed by atoms with Crippen LogP contribution in [0.3, 0.4) is 0 Å². The molecule has 1 fully saturated rings. The normalized spacial score (nSPS) is 15.0. The number of anilines is 3. The van der Waals surface area contributed by atoms with E-state index in [9.17, 15) is 12.8 Å². The van der Waals surface area contributed by atoms with E-state index in [-0.39, 0.29) is 10.8 Å². The predicted molar refractivity (Wildman–Crippen MR) is 149 cm³/mol. The molecule has 0 saturated carbocycles. The van der Waals surface area contributed by atoms with E-state index in [0.29, 0.717) is 45.9 Å². The molecule has 4 aromatic rings. The molecule has 0 amide bonds. The molecular formula is C26H27ClFN7O2S. The van der Waals surface area contributed by atoms with Crippen LogP contribution < -0.4 is 10.0 Å². The lowest BCUT2D eigenvalue weighted by Gasteiger charge is -2.32. The number of likely N-dealkylation sites (N-methyl/N-ethyl adjacent to an activating group) is 1. The van der Waals surface area contributed by atoms with Gasteiger partial charge in [-0.15, -0.1) is 0 Å². The Labute approximate surface area is 225 Å². The van der Waals surface area contributed by atoms with Crippen molar-refractivity contribution in [2.75, 3.05) is 55.6 Å². The van der Waals surface area contributed by atoms with Gasteiger partial charge in [0.1, 0.15) is 11.3 Å². The van der Waals surface area contributed by atoms with Crippen molar-refractivity contribution in [3.8, 4) is 11.3 Å². The number of fused-ring (bicyclic) bond motifs is 1. The van der Waals surface area contributed by atoms with E-state index in [1.165, 1.54) is 18.3 Å². The van der Waals surface area contributed by atoms with E-state index in [2.05, 4.69) is 36.9 Å². The first-order chi connectivity index (χ1) is 18.3. The molecule has 198 valence electrons. The zero-order valence-electron chi connectivity index (χ0n) is 20.7. The number of benzene rings is 1. The van der Waals surface area contributed by atoms with Crippen LogP contribution >= 0.6 is 11.6 Å². The summed E-state index contributed by atoms with van der Waals surface area (Å²) in [6.07, 6.45) is 4.75. The second-order valence-electron chi connectivity index (χ2n) is 9.20. The number of piperazine rings is 1. The first-order valence-corrected chi connectivity index (χ1v) is 14.1. The lowest BCUT2D eigenvalue weighted by Crippen LogP contribution is -2.46. The third kappa shape index (κ3) is 6.36. The minimum absolute atomic E-state index is 0.00324. The SMILES string of the molecule is CN1CCN(CCS(=O)(=O)Nc2cncc(-c3ccc4nccc(Nc5ccc(F)c(Cl)c5)c4n3)c2)CC1. The minimum atomic E-state index is -3.55. The Morgan fingerprint density at radius 2 is 1.84 bits per heavy atom. The molecule has 0 atom stereocenters. The van der Waals surface area contributed by atoms with Crippen LogP contribution in [0.1, 0.15) is 0 Å². The van der Waals surface area contributed by atoms with Gasteiger partial charge in [-0.2, -0.15) is 0 Å². The summed E-state index contributed by atoms with van der Waals surface area (Å²) in [6, 6.07) is 11.5. The van der Waals surface area contributed by atoms with E-state index < -0.39 is 15.8 Å². The lowest BCUT2D eigenvalue weighted by atomic mass is 10.1. The molecule has 3 aromatic heterocycles. The number of aromatic nitrogens is 3. The molecule has 0 aliphatic carbocycles. The fourth-order valence-electron chi connectivity index (χ4n) is 4.20. The number of hydrogen-bond donors (Lipinski definition) is 2. The molecule has 1 aliphatic rings. The van der Waals surface area contributed by atoms with Crippen molar-refractivity contribution in [2.45, 2.75) is 0 Å². The average Bonchev–Trinajstić information content (AvgIpc) is 2.90. The summed E-state index contributed by atoms with van der Waals surface area (Å²) in [4.78, 5) is 17.8. The largest absolute Gasteiger partial charge is 0.354 e. The Bertz CT molecular complexity index is 1560. The Balaban J connectivity index is 1.34. The fraction of sp³-hybridized carbons (Fsp3) is 0.269. The third-order valence-electron chi connectivity index (χ3n) is 6.36. The highest BCUT2D eigenvalue weighted by Crippen LogP contribution is 2.29. The molecule has 1 aliphatic heterocycles. The summed E-state index contributed by atoms with van der Waals surface area (Å²) < 4.78 is 41.7. The number of halogens is 2. The van der Waals surface area contributed by atoms with Crippen molar-refractivity contribution in [1.82, 2.24) is 24.8 Å². The first kappa shape index (κ1) is 26.2. The van der Waals surface area contributed by atoms with Crippen LogP contribution in [0.4, 0.5) is 21.5 Å². The Hall–Kier alpha value is -3.38. The number of nitrogens with one attached hydrogen (secondary N) is 2. The summed E-state index contributed by atoms with van der Waals surface area (Å²) in [5, 5.41) is 3.22. The molecule has 1 saturated heterocycles. The van der Waals surface area contributed by atoms with Gasteiger partial charge >= 0.3 is 0 Å². The molecule has 5 rings (SSSR count). The van der Waals surface area contributed by atoms with Gasteiger partial charge in [0.25, 0.3) is 0 Å². The number of pyridine rings is 3. The molecule has 9 nitrogen and oxygen atoms in total. The van der Waals surface area contributed by atoms with E-state index in [1.807, 2.05) is 6.07 Å². The second-order valence-corrected chi connectivity index (χ2v) is 11.5. The van der Waals surface area contributed by atoms with Gasteiger partial charge in [0, 0.05) is 56.4 Å². The Morgan fingerprint density at radius 3 is 2.63 bits per heavy atom. The van der Waals surface area contributed by atoms with E-state index in [4.69, 9.17) is 16.6 Å². The molecule has 1 aromatic carbocycles. The van der Waals surface area contributed by atoms with E-state index >= 15 is 0 Å². The van der Waals surface area contributed by atoms with Crippen LogP contribution in [0, 0.1) is 5.82 Å². The van der Waals surface area contributed by atoms with Crippen LogP contribution in [0.2, 0.25) is 5.02 Å². The average molecular weight is 556 g/mol. The maximum absolute atomic E-state index is 13.6. The molecule has 38 heavy (non-hydrogen) atoms. The van der Waals surface area contributed by atoms with Crippen molar-refractivity contribution in [2.24, 2.45) is 0 Å². The van der Waals surface area contributed by atoms with E-state index in [0.717, 1.165) is 26.2 Å². The third-order valence-corrected chi connectivity index (χ3v) is 7.92. The van der Waals surface area contributed by atoms with Gasteiger partial charge in [-0.05, 0) is 49.5 Å². The molecule has 2 N–H and O–H groups in total. The molecular weight excluding hydrogens is 529 g/mol. The van der Waals surface area contributed by atoms with Crippen LogP contribution in [0.5, 0.6) is 0 Å². The highest BCUT2D eigenvalue weighted by atomic mass is 35.5. The zero-order valence-corrected chi connectivity index (χ0v) is 22.3. The maximum atomic E-state index is 13.6. The van der Waals surface area contributed by atoms with Crippen molar-refractivity contribution in [1.29, 1.82) is 0 Å². The van der Waals surface area contributed by atoms with Crippen LogP contribution in [0.15, 0.2) is 61.1 Å². The fourth-order valence-corrected chi connectivity index (χ4v) is 5.46. The van der Waals surface area contributed by atoms with Crippen LogP contribution in [-0.4, -0.2) is 78.7 Å². The van der Waals surface area contributed by atoms with Gasteiger partial charge in [0.05, 0.1) is 39.6 Å². The van der Waals surface area contributed by atoms with Gasteiger partial charge in [0.15, 0.2) is 0 Å². The Morgan fingerprint density at radius 1 is 1.03 bits per heavy atom. The monoisotopic (exact) mass is 555 g/mol. The minimum Gasteiger partial charge on any atom is -0.354 e. The summed E-state index contributed by atoms with van der Waals surface area (Å²) in [5.41, 5.74) is 4.11.